The fourth-order valence-electron chi connectivity index (χ4n) is 3.12. The standard InChI is InChI=1S/C17H19Cl2N3O2S/c1-2-24-17(23)15-16(21-22-20-15)25-14-5-3-10(4-6-14)11-7-12(18)9-13(19)8-11/h7-10,14H,2-6H2,1H3,(H,20,21,22). The molecule has 0 saturated heterocycles. The number of thioether (sulfide) groups is 1. The fraction of sp³-hybridized carbons (Fsp3) is 0.471. The number of halogens is 2. The number of hydrogen-bond acceptors (Lipinski definition) is 5. The van der Waals surface area contributed by atoms with Crippen molar-refractivity contribution >= 4 is 40.9 Å². The quantitative estimate of drug-likeness (QED) is 0.707. The van der Waals surface area contributed by atoms with E-state index in [4.69, 9.17) is 27.9 Å². The van der Waals surface area contributed by atoms with Crippen LogP contribution >= 0.6 is 35.0 Å². The van der Waals surface area contributed by atoms with Gasteiger partial charge in [-0.15, -0.1) is 10.2 Å². The first-order valence-corrected chi connectivity index (χ1v) is 9.91. The van der Waals surface area contributed by atoms with E-state index in [0.29, 0.717) is 32.8 Å². The molecule has 2 aromatic rings. The van der Waals surface area contributed by atoms with Crippen molar-refractivity contribution < 1.29 is 9.53 Å². The Morgan fingerprint density at radius 2 is 1.88 bits per heavy atom. The summed E-state index contributed by atoms with van der Waals surface area (Å²) in [5.74, 6) is 0.0379. The molecule has 1 fully saturated rings. The van der Waals surface area contributed by atoms with Crippen LogP contribution in [0.3, 0.4) is 0 Å². The third-order valence-electron chi connectivity index (χ3n) is 4.29. The van der Waals surface area contributed by atoms with E-state index in [1.165, 1.54) is 5.56 Å². The van der Waals surface area contributed by atoms with Gasteiger partial charge in [-0.25, -0.2) is 4.79 Å². The highest BCUT2D eigenvalue weighted by Crippen LogP contribution is 2.41. The summed E-state index contributed by atoms with van der Waals surface area (Å²) in [5.41, 5.74) is 1.48. The zero-order chi connectivity index (χ0) is 17.8. The Balaban J connectivity index is 1.60. The van der Waals surface area contributed by atoms with Gasteiger partial charge < -0.3 is 4.74 Å². The van der Waals surface area contributed by atoms with Gasteiger partial charge in [0.1, 0.15) is 0 Å². The molecule has 1 saturated carbocycles. The van der Waals surface area contributed by atoms with Crippen molar-refractivity contribution in [1.82, 2.24) is 15.4 Å². The highest BCUT2D eigenvalue weighted by atomic mass is 35.5. The molecular weight excluding hydrogens is 381 g/mol. The van der Waals surface area contributed by atoms with E-state index < -0.39 is 5.97 Å². The van der Waals surface area contributed by atoms with Gasteiger partial charge in [0.05, 0.1) is 6.61 Å². The van der Waals surface area contributed by atoms with Gasteiger partial charge in [-0.2, -0.15) is 5.21 Å². The van der Waals surface area contributed by atoms with E-state index in [2.05, 4.69) is 15.4 Å². The normalized spacial score (nSPS) is 20.4. The van der Waals surface area contributed by atoms with Crippen LogP contribution in [-0.2, 0) is 4.74 Å². The average Bonchev–Trinajstić information content (AvgIpc) is 3.03. The minimum atomic E-state index is -0.430. The number of aromatic amines is 1. The summed E-state index contributed by atoms with van der Waals surface area (Å²) in [6.45, 7) is 2.09. The predicted octanol–water partition coefficient (Wildman–Crippen LogP) is 5.11. The minimum Gasteiger partial charge on any atom is -0.461 e. The molecule has 25 heavy (non-hydrogen) atoms. The molecule has 8 heteroatoms. The second-order valence-corrected chi connectivity index (χ2v) is 8.15. The first kappa shape index (κ1) is 18.5. The number of carbonyl (C=O) groups excluding carboxylic acids is 1. The number of H-pyrrole nitrogens is 1. The number of nitrogens with one attached hydrogen (secondary N) is 1. The molecular formula is C17H19Cl2N3O2S. The van der Waals surface area contributed by atoms with Gasteiger partial charge in [-0.1, -0.05) is 35.0 Å². The Morgan fingerprint density at radius 3 is 2.52 bits per heavy atom. The van der Waals surface area contributed by atoms with E-state index in [1.54, 1.807) is 24.8 Å². The van der Waals surface area contributed by atoms with Crippen molar-refractivity contribution in [2.75, 3.05) is 6.61 Å². The van der Waals surface area contributed by atoms with E-state index in [9.17, 15) is 4.79 Å². The summed E-state index contributed by atoms with van der Waals surface area (Å²) >= 11 is 13.8. The molecule has 0 spiro atoms. The van der Waals surface area contributed by atoms with Gasteiger partial charge in [0.2, 0.25) is 5.69 Å². The van der Waals surface area contributed by atoms with Gasteiger partial charge in [0, 0.05) is 15.3 Å². The Kier molecular flexibility index (Phi) is 6.25. The second-order valence-electron chi connectivity index (χ2n) is 5.99. The molecule has 1 heterocycles. The third kappa shape index (κ3) is 4.68. The lowest BCUT2D eigenvalue weighted by molar-refractivity contribution is 0.0515. The molecule has 1 aromatic carbocycles. The van der Waals surface area contributed by atoms with E-state index in [-0.39, 0.29) is 5.69 Å². The smallest absolute Gasteiger partial charge is 0.361 e. The SMILES string of the molecule is CCOC(=O)c1n[nH]nc1SC1CCC(c2cc(Cl)cc(Cl)c2)CC1. The summed E-state index contributed by atoms with van der Waals surface area (Å²) in [5, 5.41) is 12.9. The second kappa shape index (κ2) is 8.43. The number of esters is 1. The third-order valence-corrected chi connectivity index (χ3v) is 6.04. The number of aromatic nitrogens is 3. The van der Waals surface area contributed by atoms with Crippen LogP contribution in [0.25, 0.3) is 0 Å². The lowest BCUT2D eigenvalue weighted by Gasteiger charge is -2.28. The number of ether oxygens (including phenoxy) is 1. The Morgan fingerprint density at radius 1 is 1.20 bits per heavy atom. The van der Waals surface area contributed by atoms with Crippen LogP contribution in [0.5, 0.6) is 0 Å². The summed E-state index contributed by atoms with van der Waals surface area (Å²) in [6, 6.07) is 5.76. The lowest BCUT2D eigenvalue weighted by atomic mass is 9.84. The van der Waals surface area contributed by atoms with Crippen molar-refractivity contribution in [3.05, 3.63) is 39.5 Å². The largest absolute Gasteiger partial charge is 0.461 e. The van der Waals surface area contributed by atoms with Gasteiger partial charge in [-0.3, -0.25) is 0 Å². The number of carbonyl (C=O) groups is 1. The van der Waals surface area contributed by atoms with Crippen LogP contribution in [0.1, 0.15) is 54.6 Å². The molecule has 1 aromatic heterocycles. The van der Waals surface area contributed by atoms with Crippen LogP contribution in [0.2, 0.25) is 10.0 Å². The first-order chi connectivity index (χ1) is 12.1. The number of hydrogen-bond donors (Lipinski definition) is 1. The molecule has 0 aliphatic heterocycles. The molecule has 0 atom stereocenters. The van der Waals surface area contributed by atoms with E-state index in [0.717, 1.165) is 25.7 Å². The lowest BCUT2D eigenvalue weighted by Crippen LogP contribution is -2.16. The van der Waals surface area contributed by atoms with Crippen LogP contribution < -0.4 is 0 Å². The molecule has 1 aliphatic rings. The highest BCUT2D eigenvalue weighted by Gasteiger charge is 2.27. The monoisotopic (exact) mass is 399 g/mol. The molecule has 1 N–H and O–H groups in total. The van der Waals surface area contributed by atoms with Crippen LogP contribution in [-0.4, -0.2) is 33.2 Å². The van der Waals surface area contributed by atoms with Crippen molar-refractivity contribution in [2.45, 2.75) is 48.8 Å². The number of nitrogens with zero attached hydrogens (tertiary/aromatic N) is 2. The summed E-state index contributed by atoms with van der Waals surface area (Å²) in [7, 11) is 0. The molecule has 0 radical (unpaired) electrons. The van der Waals surface area contributed by atoms with Crippen molar-refractivity contribution in [1.29, 1.82) is 0 Å². The van der Waals surface area contributed by atoms with Crippen LogP contribution in [0.15, 0.2) is 23.2 Å². The van der Waals surface area contributed by atoms with E-state index >= 15 is 0 Å². The Bertz CT molecular complexity index is 725. The van der Waals surface area contributed by atoms with Crippen molar-refractivity contribution in [3.63, 3.8) is 0 Å². The van der Waals surface area contributed by atoms with Gasteiger partial charge in [0.25, 0.3) is 0 Å². The number of rotatable bonds is 5. The van der Waals surface area contributed by atoms with E-state index in [1.807, 2.05) is 12.1 Å². The average molecular weight is 400 g/mol. The van der Waals surface area contributed by atoms with Gasteiger partial charge >= 0.3 is 5.97 Å². The van der Waals surface area contributed by atoms with Crippen LogP contribution in [0, 0.1) is 0 Å². The summed E-state index contributed by atoms with van der Waals surface area (Å²) in [4.78, 5) is 11.9. The highest BCUT2D eigenvalue weighted by molar-refractivity contribution is 7.99. The van der Waals surface area contributed by atoms with Crippen molar-refractivity contribution in [2.24, 2.45) is 0 Å². The number of benzene rings is 1. The van der Waals surface area contributed by atoms with Crippen LogP contribution in [0.4, 0.5) is 0 Å². The molecule has 0 unspecified atom stereocenters. The fourth-order valence-corrected chi connectivity index (χ4v) is 4.82. The molecule has 134 valence electrons. The molecule has 1 aliphatic carbocycles. The molecule has 0 bridgehead atoms. The van der Waals surface area contributed by atoms with Crippen molar-refractivity contribution in [3.8, 4) is 0 Å². The zero-order valence-electron chi connectivity index (χ0n) is 13.8. The maximum Gasteiger partial charge on any atom is 0.361 e. The first-order valence-electron chi connectivity index (χ1n) is 8.27. The summed E-state index contributed by atoms with van der Waals surface area (Å²) in [6.07, 6.45) is 4.19. The summed E-state index contributed by atoms with van der Waals surface area (Å²) < 4.78 is 5.01. The molecule has 5 nitrogen and oxygen atoms in total. The predicted molar refractivity (Wildman–Crippen MR) is 99.7 cm³/mol. The molecule has 0 amide bonds. The maximum absolute atomic E-state index is 11.9. The topological polar surface area (TPSA) is 67.9 Å². The zero-order valence-corrected chi connectivity index (χ0v) is 16.1. The molecule has 3 rings (SSSR count). The van der Waals surface area contributed by atoms with Gasteiger partial charge in [-0.05, 0) is 62.3 Å². The minimum absolute atomic E-state index is 0.274. The maximum atomic E-state index is 11.9. The Labute approximate surface area is 160 Å². The van der Waals surface area contributed by atoms with Gasteiger partial charge in [0.15, 0.2) is 5.03 Å². The Hall–Kier alpha value is -1.24.